The summed E-state index contributed by atoms with van der Waals surface area (Å²) in [6.07, 6.45) is 3.03. The van der Waals surface area contributed by atoms with E-state index in [0.29, 0.717) is 11.5 Å². The van der Waals surface area contributed by atoms with Gasteiger partial charge in [0.05, 0.1) is 19.4 Å². The Hall–Kier alpha value is -1.55. The second-order valence-electron chi connectivity index (χ2n) is 3.73. The third kappa shape index (κ3) is 4.07. The zero-order valence-electron chi connectivity index (χ0n) is 10.8. The Morgan fingerprint density at radius 3 is 2.29 bits per heavy atom. The molecule has 4 nitrogen and oxygen atoms in total. The van der Waals surface area contributed by atoms with Crippen LogP contribution in [0.4, 0.5) is 0 Å². The summed E-state index contributed by atoms with van der Waals surface area (Å²) in [6, 6.07) is 0. The molecule has 0 spiro atoms. The normalized spacial score (nSPS) is 11.8. The maximum Gasteiger partial charge on any atom is 0.229 e. The van der Waals surface area contributed by atoms with Crippen LogP contribution in [0.1, 0.15) is 13.8 Å². The van der Waals surface area contributed by atoms with Gasteiger partial charge in [-0.3, -0.25) is 4.79 Å². The number of aliphatic hydroxyl groups is 1. The first-order chi connectivity index (χ1) is 8.03. The van der Waals surface area contributed by atoms with Crippen LogP contribution in [0, 0.1) is 5.92 Å². The van der Waals surface area contributed by atoms with Crippen LogP contribution in [-0.4, -0.2) is 36.2 Å². The maximum absolute atomic E-state index is 12.0. The molecule has 0 atom stereocenters. The summed E-state index contributed by atoms with van der Waals surface area (Å²) in [7, 11) is 1.50. The molecule has 0 fully saturated rings. The van der Waals surface area contributed by atoms with Crippen molar-refractivity contribution in [2.24, 2.45) is 5.92 Å². The van der Waals surface area contributed by atoms with Gasteiger partial charge in [-0.25, -0.2) is 0 Å². The third-order valence-corrected chi connectivity index (χ3v) is 2.23. The van der Waals surface area contributed by atoms with E-state index in [2.05, 4.69) is 13.2 Å². The first-order valence-corrected chi connectivity index (χ1v) is 5.48. The number of allylic oxidation sites excluding steroid dienone is 2. The van der Waals surface area contributed by atoms with Gasteiger partial charge in [0, 0.05) is 12.5 Å². The zero-order chi connectivity index (χ0) is 13.4. The fraction of sp³-hybridized carbons (Fsp3) is 0.462. The topological polar surface area (TPSA) is 49.8 Å². The average Bonchev–Trinajstić information content (AvgIpc) is 2.32. The predicted octanol–water partition coefficient (Wildman–Crippen LogP) is 1.69. The molecule has 0 saturated heterocycles. The number of amides is 1. The standard InChI is InChI=1S/C13H21NO3/c1-6-11(12(7-2)17-5)14(8-9-15)13(16)10(3)4/h6-7,10,15H,1-2,8-9H2,3-5H3/b12-11-. The Kier molecular flexibility index (Phi) is 6.98. The van der Waals surface area contributed by atoms with E-state index in [1.54, 1.807) is 13.8 Å². The van der Waals surface area contributed by atoms with Crippen LogP contribution in [0.3, 0.4) is 0 Å². The zero-order valence-corrected chi connectivity index (χ0v) is 10.8. The van der Waals surface area contributed by atoms with Gasteiger partial charge in [0.1, 0.15) is 5.76 Å². The van der Waals surface area contributed by atoms with Gasteiger partial charge in [0.2, 0.25) is 5.91 Å². The van der Waals surface area contributed by atoms with Gasteiger partial charge in [-0.05, 0) is 12.2 Å². The van der Waals surface area contributed by atoms with E-state index < -0.39 is 0 Å². The van der Waals surface area contributed by atoms with Crippen LogP contribution < -0.4 is 0 Å². The minimum atomic E-state index is -0.167. The number of rotatable bonds is 7. The second-order valence-corrected chi connectivity index (χ2v) is 3.73. The Labute approximate surface area is 103 Å². The van der Waals surface area contributed by atoms with Crippen LogP contribution in [0.15, 0.2) is 36.8 Å². The molecule has 0 saturated carbocycles. The number of hydrogen-bond acceptors (Lipinski definition) is 3. The number of aliphatic hydroxyl groups excluding tert-OH is 1. The monoisotopic (exact) mass is 239 g/mol. The summed E-state index contributed by atoms with van der Waals surface area (Å²) < 4.78 is 5.12. The van der Waals surface area contributed by atoms with E-state index in [1.807, 2.05) is 0 Å². The Bertz CT molecular complexity index is 319. The van der Waals surface area contributed by atoms with Crippen molar-refractivity contribution in [2.45, 2.75) is 13.8 Å². The molecule has 0 aromatic heterocycles. The van der Waals surface area contributed by atoms with Crippen molar-refractivity contribution in [2.75, 3.05) is 20.3 Å². The van der Waals surface area contributed by atoms with E-state index in [9.17, 15) is 4.79 Å². The summed E-state index contributed by atoms with van der Waals surface area (Å²) in [5, 5.41) is 9.02. The van der Waals surface area contributed by atoms with Crippen molar-refractivity contribution in [1.29, 1.82) is 0 Å². The quantitative estimate of drug-likeness (QED) is 0.543. The second kappa shape index (κ2) is 7.68. The lowest BCUT2D eigenvalue weighted by molar-refractivity contribution is -0.132. The lowest BCUT2D eigenvalue weighted by Crippen LogP contribution is -2.36. The molecule has 0 unspecified atom stereocenters. The third-order valence-electron chi connectivity index (χ3n) is 2.23. The van der Waals surface area contributed by atoms with Crippen molar-refractivity contribution in [3.05, 3.63) is 36.8 Å². The van der Waals surface area contributed by atoms with Crippen LogP contribution in [0.25, 0.3) is 0 Å². The molecule has 0 rings (SSSR count). The molecule has 0 aromatic rings. The molecule has 0 radical (unpaired) electrons. The van der Waals surface area contributed by atoms with E-state index in [4.69, 9.17) is 9.84 Å². The van der Waals surface area contributed by atoms with Gasteiger partial charge in [-0.1, -0.05) is 27.0 Å². The SMILES string of the molecule is C=C/C(OC)=C(\C=C)N(CCO)C(=O)C(C)C. The summed E-state index contributed by atoms with van der Waals surface area (Å²) in [5.74, 6) is 0.201. The lowest BCUT2D eigenvalue weighted by Gasteiger charge is -2.25. The van der Waals surface area contributed by atoms with E-state index in [0.717, 1.165) is 0 Å². The van der Waals surface area contributed by atoms with Gasteiger partial charge in [0.25, 0.3) is 0 Å². The highest BCUT2D eigenvalue weighted by Crippen LogP contribution is 2.16. The molecule has 1 N–H and O–H groups in total. The Morgan fingerprint density at radius 1 is 1.41 bits per heavy atom. The number of hydrogen-bond donors (Lipinski definition) is 1. The molecular weight excluding hydrogens is 218 g/mol. The fourth-order valence-electron chi connectivity index (χ4n) is 1.40. The number of carbonyl (C=O) groups excluding carboxylic acids is 1. The Morgan fingerprint density at radius 2 is 2.00 bits per heavy atom. The first kappa shape index (κ1) is 15.4. The van der Waals surface area contributed by atoms with Crippen LogP contribution in [0.5, 0.6) is 0 Å². The van der Waals surface area contributed by atoms with Gasteiger partial charge in [-0.2, -0.15) is 0 Å². The number of ether oxygens (including phenoxy) is 1. The first-order valence-electron chi connectivity index (χ1n) is 5.48. The molecular formula is C13H21NO3. The van der Waals surface area contributed by atoms with Crippen molar-refractivity contribution < 1.29 is 14.6 Å². The van der Waals surface area contributed by atoms with Crippen molar-refractivity contribution in [1.82, 2.24) is 4.90 Å². The highest BCUT2D eigenvalue weighted by atomic mass is 16.5. The lowest BCUT2D eigenvalue weighted by atomic mass is 10.1. The van der Waals surface area contributed by atoms with Gasteiger partial charge >= 0.3 is 0 Å². The molecule has 0 aliphatic heterocycles. The van der Waals surface area contributed by atoms with Crippen LogP contribution >= 0.6 is 0 Å². The molecule has 0 heterocycles. The van der Waals surface area contributed by atoms with Gasteiger partial charge in [0.15, 0.2) is 0 Å². The minimum absolute atomic E-state index is 0.0923. The molecule has 0 aliphatic carbocycles. The maximum atomic E-state index is 12.0. The average molecular weight is 239 g/mol. The van der Waals surface area contributed by atoms with Crippen molar-refractivity contribution in [3.63, 3.8) is 0 Å². The van der Waals surface area contributed by atoms with E-state index in [1.165, 1.54) is 24.2 Å². The Balaban J connectivity index is 5.41. The van der Waals surface area contributed by atoms with E-state index in [-0.39, 0.29) is 25.0 Å². The molecule has 4 heteroatoms. The summed E-state index contributed by atoms with van der Waals surface area (Å²) in [6.45, 7) is 11.0. The molecule has 17 heavy (non-hydrogen) atoms. The van der Waals surface area contributed by atoms with Gasteiger partial charge < -0.3 is 14.7 Å². The van der Waals surface area contributed by atoms with Crippen molar-refractivity contribution in [3.8, 4) is 0 Å². The van der Waals surface area contributed by atoms with E-state index >= 15 is 0 Å². The highest BCUT2D eigenvalue weighted by Gasteiger charge is 2.21. The summed E-state index contributed by atoms with van der Waals surface area (Å²) in [5.41, 5.74) is 0.523. The predicted molar refractivity (Wildman–Crippen MR) is 68.1 cm³/mol. The molecule has 96 valence electrons. The number of nitrogens with zero attached hydrogens (tertiary/aromatic N) is 1. The van der Waals surface area contributed by atoms with Gasteiger partial charge in [-0.15, -0.1) is 0 Å². The van der Waals surface area contributed by atoms with Crippen molar-refractivity contribution >= 4 is 5.91 Å². The van der Waals surface area contributed by atoms with Crippen LogP contribution in [-0.2, 0) is 9.53 Å². The highest BCUT2D eigenvalue weighted by molar-refractivity contribution is 5.80. The molecule has 1 amide bonds. The molecule has 0 bridgehead atoms. The number of methoxy groups -OCH3 is 1. The fourth-order valence-corrected chi connectivity index (χ4v) is 1.40. The summed E-state index contributed by atoms with van der Waals surface area (Å²) in [4.78, 5) is 13.5. The van der Waals surface area contributed by atoms with Crippen LogP contribution in [0.2, 0.25) is 0 Å². The number of carbonyl (C=O) groups is 1. The smallest absolute Gasteiger partial charge is 0.229 e. The summed E-state index contributed by atoms with van der Waals surface area (Å²) >= 11 is 0. The molecule has 0 aromatic carbocycles. The largest absolute Gasteiger partial charge is 0.495 e. The minimum Gasteiger partial charge on any atom is -0.495 e. The molecule has 0 aliphatic rings.